The predicted octanol–water partition coefficient (Wildman–Crippen LogP) is 5.50. The van der Waals surface area contributed by atoms with Crippen molar-refractivity contribution in [3.63, 3.8) is 0 Å². The van der Waals surface area contributed by atoms with E-state index in [-0.39, 0.29) is 11.8 Å². The van der Waals surface area contributed by atoms with Crippen molar-refractivity contribution < 1.29 is 9.59 Å². The van der Waals surface area contributed by atoms with Crippen molar-refractivity contribution >= 4 is 46.2 Å². The standard InChI is InChI=1S/C27H23ClN4O2/c1-17-23(26(33)31(29-17)21-9-5-3-6-10-21)25(19-13-15-20(28)16-14-19)24-18(2)30-32(27(24)34)22-11-7-4-8-12-22/h3-16,23-25H,1-2H3/t23-,24+,25?. The maximum atomic E-state index is 13.7. The van der Waals surface area contributed by atoms with E-state index >= 15 is 0 Å². The fourth-order valence-corrected chi connectivity index (χ4v) is 4.88. The Balaban J connectivity index is 1.57. The normalized spacial score (nSPS) is 21.0. The molecule has 34 heavy (non-hydrogen) atoms. The summed E-state index contributed by atoms with van der Waals surface area (Å²) in [5, 5.41) is 12.6. The third kappa shape index (κ3) is 3.80. The van der Waals surface area contributed by atoms with Crippen molar-refractivity contribution in [3.8, 4) is 0 Å². The topological polar surface area (TPSA) is 65.3 Å². The van der Waals surface area contributed by atoms with Crippen LogP contribution in [0.2, 0.25) is 5.02 Å². The Bertz CT molecular complexity index is 1210. The van der Waals surface area contributed by atoms with Crippen molar-refractivity contribution in [1.82, 2.24) is 0 Å². The first kappa shape index (κ1) is 22.0. The van der Waals surface area contributed by atoms with Gasteiger partial charge in [-0.25, -0.2) is 10.0 Å². The second-order valence-corrected chi connectivity index (χ2v) is 8.92. The molecular formula is C27H23ClN4O2. The van der Waals surface area contributed by atoms with E-state index in [1.165, 1.54) is 10.0 Å². The number of halogens is 1. The molecule has 1 unspecified atom stereocenters. The van der Waals surface area contributed by atoms with Crippen molar-refractivity contribution in [1.29, 1.82) is 0 Å². The summed E-state index contributed by atoms with van der Waals surface area (Å²) in [6.07, 6.45) is 0. The molecule has 3 atom stereocenters. The van der Waals surface area contributed by atoms with Gasteiger partial charge in [0.1, 0.15) is 0 Å². The van der Waals surface area contributed by atoms with E-state index in [0.29, 0.717) is 27.8 Å². The lowest BCUT2D eigenvalue weighted by molar-refractivity contribution is -0.122. The molecule has 0 radical (unpaired) electrons. The van der Waals surface area contributed by atoms with Gasteiger partial charge in [-0.1, -0.05) is 60.1 Å². The Morgan fingerprint density at radius 2 is 1.09 bits per heavy atom. The Hall–Kier alpha value is -3.77. The highest BCUT2D eigenvalue weighted by Crippen LogP contribution is 2.42. The fourth-order valence-electron chi connectivity index (χ4n) is 4.76. The number of carbonyl (C=O) groups is 2. The molecule has 2 heterocycles. The van der Waals surface area contributed by atoms with Crippen molar-refractivity contribution in [2.75, 3.05) is 10.0 Å². The monoisotopic (exact) mass is 470 g/mol. The molecule has 0 aliphatic carbocycles. The van der Waals surface area contributed by atoms with Gasteiger partial charge in [0.2, 0.25) is 0 Å². The molecule has 0 bridgehead atoms. The number of benzene rings is 3. The number of hydrogen-bond acceptors (Lipinski definition) is 4. The first-order chi connectivity index (χ1) is 16.5. The predicted molar refractivity (Wildman–Crippen MR) is 135 cm³/mol. The summed E-state index contributed by atoms with van der Waals surface area (Å²) in [6, 6.07) is 26.0. The molecule has 0 spiro atoms. The Morgan fingerprint density at radius 1 is 0.676 bits per heavy atom. The molecular weight excluding hydrogens is 448 g/mol. The quantitative estimate of drug-likeness (QED) is 0.494. The minimum atomic E-state index is -0.615. The van der Waals surface area contributed by atoms with Crippen LogP contribution in [0.1, 0.15) is 25.3 Å². The summed E-state index contributed by atoms with van der Waals surface area (Å²) in [5.74, 6) is -2.04. The average Bonchev–Trinajstić information content (AvgIpc) is 3.32. The van der Waals surface area contributed by atoms with Crippen molar-refractivity contribution in [3.05, 3.63) is 95.5 Å². The van der Waals surface area contributed by atoms with Crippen LogP contribution in [0.4, 0.5) is 11.4 Å². The smallest absolute Gasteiger partial charge is 0.256 e. The molecule has 0 aromatic heterocycles. The van der Waals surface area contributed by atoms with Crippen LogP contribution < -0.4 is 10.0 Å². The molecule has 2 aliphatic rings. The van der Waals surface area contributed by atoms with E-state index in [1.807, 2.05) is 86.6 Å². The van der Waals surface area contributed by atoms with Crippen LogP contribution in [0, 0.1) is 11.8 Å². The number of nitrogens with zero attached hydrogens (tertiary/aromatic N) is 4. The molecule has 3 aromatic carbocycles. The van der Waals surface area contributed by atoms with Crippen LogP contribution in [-0.4, -0.2) is 23.2 Å². The molecule has 170 valence electrons. The van der Waals surface area contributed by atoms with Crippen LogP contribution in [0.5, 0.6) is 0 Å². The highest BCUT2D eigenvalue weighted by atomic mass is 35.5. The van der Waals surface area contributed by atoms with E-state index in [1.54, 1.807) is 12.1 Å². The van der Waals surface area contributed by atoms with E-state index in [2.05, 4.69) is 10.2 Å². The number of hydrazone groups is 2. The lowest BCUT2D eigenvalue weighted by atomic mass is 9.73. The van der Waals surface area contributed by atoms with Crippen molar-refractivity contribution in [2.45, 2.75) is 19.8 Å². The van der Waals surface area contributed by atoms with E-state index < -0.39 is 17.8 Å². The minimum absolute atomic E-state index is 0.164. The van der Waals surface area contributed by atoms with Gasteiger partial charge < -0.3 is 0 Å². The summed E-state index contributed by atoms with van der Waals surface area (Å²) >= 11 is 6.16. The molecule has 0 saturated heterocycles. The number of para-hydroxylation sites is 2. The van der Waals surface area contributed by atoms with Gasteiger partial charge in [0, 0.05) is 22.4 Å². The lowest BCUT2D eigenvalue weighted by Crippen LogP contribution is -2.40. The summed E-state index contributed by atoms with van der Waals surface area (Å²) in [4.78, 5) is 27.5. The molecule has 6 nitrogen and oxygen atoms in total. The van der Waals surface area contributed by atoms with Crippen LogP contribution in [-0.2, 0) is 9.59 Å². The first-order valence-electron chi connectivity index (χ1n) is 11.1. The molecule has 0 N–H and O–H groups in total. The number of hydrogen-bond donors (Lipinski definition) is 0. The third-order valence-electron chi connectivity index (χ3n) is 6.34. The summed E-state index contributed by atoms with van der Waals surface area (Å²) in [6.45, 7) is 3.69. The zero-order valence-corrected chi connectivity index (χ0v) is 19.6. The van der Waals surface area contributed by atoms with Gasteiger partial charge in [0.25, 0.3) is 11.8 Å². The maximum absolute atomic E-state index is 13.7. The Kier molecular flexibility index (Phi) is 5.75. The van der Waals surface area contributed by atoms with Gasteiger partial charge in [-0.3, -0.25) is 9.59 Å². The van der Waals surface area contributed by atoms with Gasteiger partial charge in [0.15, 0.2) is 0 Å². The molecule has 0 saturated carbocycles. The average molecular weight is 471 g/mol. The number of carbonyl (C=O) groups excluding carboxylic acids is 2. The zero-order chi connectivity index (χ0) is 23.8. The SMILES string of the molecule is CC1=NN(c2ccccc2)C(=O)[C@H]1C(c1ccc(Cl)cc1)[C@H]1C(=O)N(c2ccccc2)N=C1C. The van der Waals surface area contributed by atoms with Crippen LogP contribution in [0.25, 0.3) is 0 Å². The zero-order valence-electron chi connectivity index (χ0n) is 18.8. The van der Waals surface area contributed by atoms with Crippen molar-refractivity contribution in [2.24, 2.45) is 22.0 Å². The molecule has 7 heteroatoms. The number of anilines is 2. The van der Waals surface area contributed by atoms with Gasteiger partial charge in [-0.15, -0.1) is 0 Å². The van der Waals surface area contributed by atoms with Crippen LogP contribution in [0.15, 0.2) is 95.1 Å². The van der Waals surface area contributed by atoms with Gasteiger partial charge in [0.05, 0.1) is 23.2 Å². The van der Waals surface area contributed by atoms with Gasteiger partial charge >= 0.3 is 0 Å². The lowest BCUT2D eigenvalue weighted by Gasteiger charge is -2.28. The third-order valence-corrected chi connectivity index (χ3v) is 6.59. The van der Waals surface area contributed by atoms with Gasteiger partial charge in [-0.05, 0) is 55.8 Å². The second kappa shape index (κ2) is 8.88. The molecule has 2 aliphatic heterocycles. The van der Waals surface area contributed by atoms with E-state index in [9.17, 15) is 9.59 Å². The van der Waals surface area contributed by atoms with E-state index in [0.717, 1.165) is 5.56 Å². The minimum Gasteiger partial charge on any atom is -0.272 e. The molecule has 3 aromatic rings. The highest BCUT2D eigenvalue weighted by Gasteiger charge is 2.50. The molecule has 0 fully saturated rings. The number of rotatable bonds is 5. The maximum Gasteiger partial charge on any atom is 0.256 e. The van der Waals surface area contributed by atoms with Gasteiger partial charge in [-0.2, -0.15) is 10.2 Å². The second-order valence-electron chi connectivity index (χ2n) is 8.49. The first-order valence-corrected chi connectivity index (χ1v) is 11.5. The van der Waals surface area contributed by atoms with Crippen LogP contribution >= 0.6 is 11.6 Å². The van der Waals surface area contributed by atoms with Crippen LogP contribution in [0.3, 0.4) is 0 Å². The molecule has 5 rings (SSSR count). The van der Waals surface area contributed by atoms with E-state index in [4.69, 9.17) is 11.6 Å². The Morgan fingerprint density at radius 3 is 1.50 bits per heavy atom. The largest absolute Gasteiger partial charge is 0.272 e. The summed E-state index contributed by atoms with van der Waals surface area (Å²) in [5.41, 5.74) is 3.55. The summed E-state index contributed by atoms with van der Waals surface area (Å²) in [7, 11) is 0. The summed E-state index contributed by atoms with van der Waals surface area (Å²) < 4.78 is 0. The molecule has 2 amide bonds. The number of amides is 2. The Labute approximate surface area is 203 Å². The highest BCUT2D eigenvalue weighted by molar-refractivity contribution is 6.30. The fraction of sp³-hybridized carbons (Fsp3) is 0.185.